The van der Waals surface area contributed by atoms with Gasteiger partial charge in [-0.25, -0.2) is 4.79 Å². The van der Waals surface area contributed by atoms with Crippen LogP contribution in [0.25, 0.3) is 0 Å². The Bertz CT molecular complexity index is 1240. The highest BCUT2D eigenvalue weighted by atomic mass is 79.9. The molecule has 1 heterocycles. The molecule has 2 aromatic carbocycles. The van der Waals surface area contributed by atoms with Crippen LogP contribution in [0.3, 0.4) is 0 Å². The molecule has 1 aromatic heterocycles. The molecule has 0 fully saturated rings. The second-order valence-corrected chi connectivity index (χ2v) is 11.2. The molecule has 0 aliphatic carbocycles. The van der Waals surface area contributed by atoms with E-state index < -0.39 is 19.4 Å². The van der Waals surface area contributed by atoms with Gasteiger partial charge in [-0.15, -0.1) is 0 Å². The van der Waals surface area contributed by atoms with Gasteiger partial charge in [0.2, 0.25) is 17.6 Å². The van der Waals surface area contributed by atoms with E-state index in [1.54, 1.807) is 36.4 Å². The summed E-state index contributed by atoms with van der Waals surface area (Å²) in [6.07, 6.45) is 0. The highest BCUT2D eigenvalue weighted by molar-refractivity contribution is 9.10. The van der Waals surface area contributed by atoms with E-state index in [1.165, 1.54) is 40.6 Å². The predicted octanol–water partition coefficient (Wildman–Crippen LogP) is 6.40. The van der Waals surface area contributed by atoms with Crippen LogP contribution in [0.5, 0.6) is 11.8 Å². The maximum Gasteiger partial charge on any atom is 0.375 e. The van der Waals surface area contributed by atoms with Gasteiger partial charge in [0.25, 0.3) is 0 Å². The van der Waals surface area contributed by atoms with Crippen LogP contribution < -0.4 is 9.47 Å². The minimum Gasteiger partial charge on any atom is -0.481 e. The molecule has 1 unspecified atom stereocenters. The largest absolute Gasteiger partial charge is 0.481 e. The van der Waals surface area contributed by atoms with E-state index in [-0.39, 0.29) is 27.5 Å². The molecule has 1 atom stereocenters. The Kier molecular flexibility index (Phi) is 9.57. The first-order valence-electron chi connectivity index (χ1n) is 9.86. The van der Waals surface area contributed by atoms with Crippen LogP contribution in [0.2, 0.25) is 5.02 Å². The van der Waals surface area contributed by atoms with Gasteiger partial charge in [-0.1, -0.05) is 51.8 Å². The maximum atomic E-state index is 13.4. The summed E-state index contributed by atoms with van der Waals surface area (Å²) < 4.78 is 40.3. The van der Waals surface area contributed by atoms with Gasteiger partial charge in [0.1, 0.15) is 0 Å². The highest BCUT2D eigenvalue weighted by Crippen LogP contribution is 2.61. The van der Waals surface area contributed by atoms with Gasteiger partial charge < -0.3 is 23.3 Å². The molecular formula is C22H21BrClN2O7PS. The van der Waals surface area contributed by atoms with Crippen molar-refractivity contribution in [3.05, 3.63) is 69.2 Å². The van der Waals surface area contributed by atoms with Crippen LogP contribution in [-0.4, -0.2) is 44.4 Å². The summed E-state index contributed by atoms with van der Waals surface area (Å²) in [6, 6.07) is 13.2. The molecule has 0 bridgehead atoms. The Morgan fingerprint density at radius 2 is 1.63 bits per heavy atom. The minimum atomic E-state index is -3.91. The van der Waals surface area contributed by atoms with Crippen LogP contribution in [-0.2, 0) is 18.3 Å². The number of aromatic nitrogens is 2. The molecule has 0 aliphatic heterocycles. The lowest BCUT2D eigenvalue weighted by atomic mass is 10.2. The topological polar surface area (TPSA) is 106 Å². The molecule has 186 valence electrons. The molecule has 0 amide bonds. The van der Waals surface area contributed by atoms with Crippen LogP contribution in [0, 0.1) is 0 Å². The van der Waals surface area contributed by atoms with Crippen molar-refractivity contribution in [2.45, 2.75) is 15.9 Å². The second kappa shape index (κ2) is 12.2. The van der Waals surface area contributed by atoms with Crippen molar-refractivity contribution < 1.29 is 32.6 Å². The van der Waals surface area contributed by atoms with Gasteiger partial charge in [-0.2, -0.15) is 9.97 Å². The Balaban J connectivity index is 2.03. The molecule has 0 N–H and O–H groups in total. The lowest BCUT2D eigenvalue weighted by Crippen LogP contribution is -2.15. The number of esters is 1. The summed E-state index contributed by atoms with van der Waals surface area (Å²) in [4.78, 5) is 22.4. The van der Waals surface area contributed by atoms with E-state index in [0.717, 1.165) is 11.8 Å². The number of rotatable bonds is 10. The number of ether oxygens (including phenoxy) is 3. The molecule has 3 aromatic rings. The first-order chi connectivity index (χ1) is 16.8. The third kappa shape index (κ3) is 6.35. The molecular weight excluding hydrogens is 583 g/mol. The third-order valence-corrected chi connectivity index (χ3v) is 8.58. The summed E-state index contributed by atoms with van der Waals surface area (Å²) in [5, 5.41) is 0.365. The van der Waals surface area contributed by atoms with Gasteiger partial charge in [0.05, 0.1) is 30.9 Å². The first-order valence-corrected chi connectivity index (χ1v) is 13.5. The Morgan fingerprint density at radius 1 is 1.00 bits per heavy atom. The standard InChI is InChI=1S/C22H21BrClN2O7PS/c1-29-17-12-18(30-2)26-22(25-17)35-16-11-7-10-15(24)19(16)20(27)33-21(34(28,31-3)32-4)13-8-5-6-9-14(13)23/h5-12,21H,1-4H3. The number of benzene rings is 2. The van der Waals surface area contributed by atoms with Crippen LogP contribution in [0.15, 0.2) is 63.1 Å². The van der Waals surface area contributed by atoms with E-state index >= 15 is 0 Å². The van der Waals surface area contributed by atoms with Gasteiger partial charge in [-0.3, -0.25) is 4.57 Å². The fraction of sp³-hybridized carbons (Fsp3) is 0.227. The number of carbonyl (C=O) groups excluding carboxylic acids is 1. The molecule has 0 spiro atoms. The van der Waals surface area contributed by atoms with Crippen molar-refractivity contribution in [3.63, 3.8) is 0 Å². The number of hydrogen-bond acceptors (Lipinski definition) is 10. The van der Waals surface area contributed by atoms with Crippen molar-refractivity contribution in [2.24, 2.45) is 0 Å². The number of methoxy groups -OCH3 is 2. The summed E-state index contributed by atoms with van der Waals surface area (Å²) in [6.45, 7) is 0. The highest BCUT2D eigenvalue weighted by Gasteiger charge is 2.41. The van der Waals surface area contributed by atoms with Crippen LogP contribution >= 0.6 is 46.9 Å². The molecule has 0 radical (unpaired) electrons. The number of carbonyl (C=O) groups is 1. The van der Waals surface area contributed by atoms with E-state index in [1.807, 2.05) is 0 Å². The number of halogens is 2. The third-order valence-electron chi connectivity index (χ3n) is 4.64. The zero-order valence-corrected chi connectivity index (χ0v) is 23.1. The zero-order chi connectivity index (χ0) is 25.6. The average molecular weight is 604 g/mol. The predicted molar refractivity (Wildman–Crippen MR) is 135 cm³/mol. The molecule has 9 nitrogen and oxygen atoms in total. The lowest BCUT2D eigenvalue weighted by Gasteiger charge is -2.25. The summed E-state index contributed by atoms with van der Waals surface area (Å²) >= 11 is 10.9. The van der Waals surface area contributed by atoms with Gasteiger partial charge in [0.15, 0.2) is 5.16 Å². The average Bonchev–Trinajstić information content (AvgIpc) is 2.87. The zero-order valence-electron chi connectivity index (χ0n) is 19.1. The molecule has 0 saturated heterocycles. The SMILES string of the molecule is COc1cc(OC)nc(Sc2cccc(Cl)c2C(=O)OC(c2ccccc2Br)P(=O)(OC)OC)n1. The first kappa shape index (κ1) is 27.4. The molecule has 0 saturated carbocycles. The van der Waals surface area contributed by atoms with Crippen LogP contribution in [0.4, 0.5) is 0 Å². The second-order valence-electron chi connectivity index (χ2n) is 6.63. The van der Waals surface area contributed by atoms with Crippen molar-refractivity contribution in [2.75, 3.05) is 28.4 Å². The van der Waals surface area contributed by atoms with Crippen molar-refractivity contribution >= 4 is 52.9 Å². The summed E-state index contributed by atoms with van der Waals surface area (Å²) in [7, 11) is 1.44. The van der Waals surface area contributed by atoms with Crippen LogP contribution in [0.1, 0.15) is 21.8 Å². The quantitative estimate of drug-likeness (QED) is 0.147. The van der Waals surface area contributed by atoms with Crippen molar-refractivity contribution in [1.82, 2.24) is 9.97 Å². The molecule has 0 aliphatic rings. The normalized spacial score (nSPS) is 12.2. The Labute approximate surface area is 220 Å². The molecule has 35 heavy (non-hydrogen) atoms. The lowest BCUT2D eigenvalue weighted by molar-refractivity contribution is 0.0376. The van der Waals surface area contributed by atoms with E-state index in [2.05, 4.69) is 25.9 Å². The monoisotopic (exact) mass is 602 g/mol. The van der Waals surface area contributed by atoms with Gasteiger partial charge in [0, 0.05) is 29.2 Å². The van der Waals surface area contributed by atoms with E-state index in [9.17, 15) is 9.36 Å². The summed E-state index contributed by atoms with van der Waals surface area (Å²) in [5.41, 5.74) is 0.426. The minimum absolute atomic E-state index is 0.0281. The Morgan fingerprint density at radius 3 is 2.20 bits per heavy atom. The molecule has 3 rings (SSSR count). The fourth-order valence-electron chi connectivity index (χ4n) is 2.92. The Hall–Kier alpha value is -2.14. The van der Waals surface area contributed by atoms with E-state index in [4.69, 9.17) is 34.9 Å². The number of nitrogens with zero attached hydrogens (tertiary/aromatic N) is 2. The maximum absolute atomic E-state index is 13.4. The van der Waals surface area contributed by atoms with E-state index in [0.29, 0.717) is 14.9 Å². The number of hydrogen-bond donors (Lipinski definition) is 0. The summed E-state index contributed by atoms with van der Waals surface area (Å²) in [5.74, 6) is -1.66. The van der Waals surface area contributed by atoms with Crippen molar-refractivity contribution in [3.8, 4) is 11.8 Å². The van der Waals surface area contributed by atoms with Crippen molar-refractivity contribution in [1.29, 1.82) is 0 Å². The fourth-order valence-corrected chi connectivity index (χ4v) is 6.13. The smallest absolute Gasteiger partial charge is 0.375 e. The molecule has 13 heteroatoms. The van der Waals surface area contributed by atoms with Gasteiger partial charge in [-0.05, 0) is 30.0 Å². The van der Waals surface area contributed by atoms with Gasteiger partial charge >= 0.3 is 13.6 Å².